The third-order valence-electron chi connectivity index (χ3n) is 3.06. The fraction of sp³-hybridized carbons (Fsp3) is 0.267. The molecule has 0 amide bonds. The van der Waals surface area contributed by atoms with E-state index in [0.717, 1.165) is 11.3 Å². The predicted octanol–water partition coefficient (Wildman–Crippen LogP) is 3.13. The highest BCUT2D eigenvalue weighted by Gasteiger charge is 2.07. The monoisotopic (exact) mass is 237 g/mol. The fourth-order valence-electron chi connectivity index (χ4n) is 1.94. The van der Waals surface area contributed by atoms with Crippen molar-refractivity contribution >= 4 is 0 Å². The van der Waals surface area contributed by atoms with Gasteiger partial charge in [0.05, 0.1) is 18.2 Å². The van der Waals surface area contributed by atoms with Gasteiger partial charge in [-0.2, -0.15) is 5.26 Å². The third-order valence-corrected chi connectivity index (χ3v) is 3.06. The molecule has 1 heterocycles. The van der Waals surface area contributed by atoms with Crippen LogP contribution in [0, 0.1) is 32.1 Å². The van der Waals surface area contributed by atoms with Gasteiger partial charge >= 0.3 is 0 Å². The molecule has 0 bridgehead atoms. The Bertz CT molecular complexity index is 624. The molecule has 0 radical (unpaired) electrons. The second kappa shape index (κ2) is 4.97. The quantitative estimate of drug-likeness (QED) is 0.806. The molecular weight excluding hydrogens is 222 g/mol. The van der Waals surface area contributed by atoms with Gasteiger partial charge in [0, 0.05) is 11.8 Å². The first-order chi connectivity index (χ1) is 8.61. The average molecular weight is 237 g/mol. The normalized spacial score (nSPS) is 10.1. The molecule has 1 aromatic heterocycles. The number of nitrogens with zero attached hydrogens (tertiary/aromatic N) is 3. The maximum absolute atomic E-state index is 8.69. The van der Waals surface area contributed by atoms with Crippen LogP contribution in [-0.4, -0.2) is 9.97 Å². The van der Waals surface area contributed by atoms with Crippen LogP contribution in [-0.2, 0) is 6.42 Å². The molecule has 0 aliphatic heterocycles. The standard InChI is InChI=1S/C15H15N3/c1-10-8-12(3)13(9-11(10)2)14-5-7-17-15(18-14)4-6-16/h5,7-9H,4H2,1-3H3. The highest BCUT2D eigenvalue weighted by molar-refractivity contribution is 5.65. The van der Waals surface area contributed by atoms with E-state index >= 15 is 0 Å². The molecule has 18 heavy (non-hydrogen) atoms. The Morgan fingerprint density at radius 3 is 2.56 bits per heavy atom. The van der Waals surface area contributed by atoms with E-state index in [0.29, 0.717) is 5.82 Å². The van der Waals surface area contributed by atoms with Crippen LogP contribution in [0.4, 0.5) is 0 Å². The van der Waals surface area contributed by atoms with Gasteiger partial charge in [-0.15, -0.1) is 0 Å². The van der Waals surface area contributed by atoms with Crippen LogP contribution in [0.1, 0.15) is 22.5 Å². The summed E-state index contributed by atoms with van der Waals surface area (Å²) in [4.78, 5) is 8.52. The van der Waals surface area contributed by atoms with Crippen molar-refractivity contribution in [3.05, 3.63) is 46.9 Å². The molecule has 90 valence electrons. The summed E-state index contributed by atoms with van der Waals surface area (Å²) >= 11 is 0. The Kier molecular flexibility index (Phi) is 3.38. The van der Waals surface area contributed by atoms with Crippen molar-refractivity contribution in [3.8, 4) is 17.3 Å². The van der Waals surface area contributed by atoms with Gasteiger partial charge in [-0.05, 0) is 49.6 Å². The smallest absolute Gasteiger partial charge is 0.142 e. The van der Waals surface area contributed by atoms with Crippen molar-refractivity contribution in [2.24, 2.45) is 0 Å². The molecule has 3 heteroatoms. The number of hydrogen-bond acceptors (Lipinski definition) is 3. The number of rotatable bonds is 2. The second-order valence-electron chi connectivity index (χ2n) is 4.44. The predicted molar refractivity (Wildman–Crippen MR) is 71.0 cm³/mol. The van der Waals surface area contributed by atoms with E-state index < -0.39 is 0 Å². The highest BCUT2D eigenvalue weighted by atomic mass is 14.9. The van der Waals surface area contributed by atoms with Gasteiger partial charge in [-0.3, -0.25) is 0 Å². The Morgan fingerprint density at radius 1 is 1.11 bits per heavy atom. The number of aromatic nitrogens is 2. The Hall–Kier alpha value is -2.21. The number of nitriles is 1. The first-order valence-corrected chi connectivity index (χ1v) is 5.89. The van der Waals surface area contributed by atoms with Crippen LogP contribution in [0.5, 0.6) is 0 Å². The summed E-state index contributed by atoms with van der Waals surface area (Å²) in [5.74, 6) is 0.577. The summed E-state index contributed by atoms with van der Waals surface area (Å²) in [5, 5.41) is 8.69. The molecule has 0 aliphatic rings. The number of aryl methyl sites for hydroxylation is 3. The Labute approximate surface area is 107 Å². The lowest BCUT2D eigenvalue weighted by molar-refractivity contribution is 0.998. The van der Waals surface area contributed by atoms with E-state index in [4.69, 9.17) is 5.26 Å². The van der Waals surface area contributed by atoms with Gasteiger partial charge < -0.3 is 0 Å². The topological polar surface area (TPSA) is 49.6 Å². The maximum atomic E-state index is 8.69. The largest absolute Gasteiger partial charge is 0.240 e. The van der Waals surface area contributed by atoms with E-state index in [2.05, 4.69) is 48.9 Å². The van der Waals surface area contributed by atoms with Crippen LogP contribution in [0.2, 0.25) is 0 Å². The molecule has 1 aromatic carbocycles. The minimum atomic E-state index is 0.248. The molecule has 0 spiro atoms. The zero-order valence-corrected chi connectivity index (χ0v) is 10.9. The van der Waals surface area contributed by atoms with E-state index in [9.17, 15) is 0 Å². The summed E-state index contributed by atoms with van der Waals surface area (Å²) in [6, 6.07) is 8.27. The minimum absolute atomic E-state index is 0.248. The van der Waals surface area contributed by atoms with Crippen molar-refractivity contribution < 1.29 is 0 Å². The molecule has 3 nitrogen and oxygen atoms in total. The van der Waals surface area contributed by atoms with Gasteiger partial charge in [-0.25, -0.2) is 9.97 Å². The second-order valence-corrected chi connectivity index (χ2v) is 4.44. The molecule has 2 aromatic rings. The van der Waals surface area contributed by atoms with Gasteiger partial charge in [0.2, 0.25) is 0 Å². The van der Waals surface area contributed by atoms with Crippen molar-refractivity contribution in [1.29, 1.82) is 5.26 Å². The van der Waals surface area contributed by atoms with Gasteiger partial charge in [0.1, 0.15) is 5.82 Å². The van der Waals surface area contributed by atoms with Gasteiger partial charge in [-0.1, -0.05) is 6.07 Å². The van der Waals surface area contributed by atoms with Crippen molar-refractivity contribution in [3.63, 3.8) is 0 Å². The zero-order valence-electron chi connectivity index (χ0n) is 10.9. The first kappa shape index (κ1) is 12.3. The molecule has 0 atom stereocenters. The van der Waals surface area contributed by atoms with Crippen LogP contribution >= 0.6 is 0 Å². The summed E-state index contributed by atoms with van der Waals surface area (Å²) in [5.41, 5.74) is 5.72. The summed E-state index contributed by atoms with van der Waals surface area (Å²) < 4.78 is 0. The fourth-order valence-corrected chi connectivity index (χ4v) is 1.94. The van der Waals surface area contributed by atoms with Gasteiger partial charge in [0.15, 0.2) is 0 Å². The van der Waals surface area contributed by atoms with Gasteiger partial charge in [0.25, 0.3) is 0 Å². The van der Waals surface area contributed by atoms with E-state index in [1.54, 1.807) is 6.20 Å². The lowest BCUT2D eigenvalue weighted by atomic mass is 9.98. The molecule has 0 aliphatic carbocycles. The Morgan fingerprint density at radius 2 is 1.83 bits per heavy atom. The average Bonchev–Trinajstić information content (AvgIpc) is 2.34. The Balaban J connectivity index is 2.52. The highest BCUT2D eigenvalue weighted by Crippen LogP contribution is 2.24. The SMILES string of the molecule is Cc1cc(C)c(-c2ccnc(CC#N)n2)cc1C. The first-order valence-electron chi connectivity index (χ1n) is 5.89. The summed E-state index contributed by atoms with van der Waals surface area (Å²) in [6.07, 6.45) is 1.96. The van der Waals surface area contributed by atoms with Crippen molar-refractivity contribution in [2.75, 3.05) is 0 Å². The minimum Gasteiger partial charge on any atom is -0.240 e. The molecule has 0 unspecified atom stereocenters. The van der Waals surface area contributed by atoms with Crippen LogP contribution in [0.25, 0.3) is 11.3 Å². The molecule has 0 N–H and O–H groups in total. The van der Waals surface area contributed by atoms with Crippen molar-refractivity contribution in [2.45, 2.75) is 27.2 Å². The van der Waals surface area contributed by atoms with Crippen LogP contribution in [0.15, 0.2) is 24.4 Å². The maximum Gasteiger partial charge on any atom is 0.142 e. The molecule has 0 saturated heterocycles. The number of benzene rings is 1. The van der Waals surface area contributed by atoms with E-state index in [1.165, 1.54) is 16.7 Å². The molecule has 2 rings (SSSR count). The van der Waals surface area contributed by atoms with E-state index in [-0.39, 0.29) is 6.42 Å². The lowest BCUT2D eigenvalue weighted by Crippen LogP contribution is -1.97. The summed E-state index contributed by atoms with van der Waals surface area (Å²) in [7, 11) is 0. The summed E-state index contributed by atoms with van der Waals surface area (Å²) in [6.45, 7) is 6.27. The molecule has 0 saturated carbocycles. The molecular formula is C15H15N3. The zero-order chi connectivity index (χ0) is 13.1. The lowest BCUT2D eigenvalue weighted by Gasteiger charge is -2.09. The number of hydrogen-bond donors (Lipinski definition) is 0. The van der Waals surface area contributed by atoms with Crippen LogP contribution < -0.4 is 0 Å². The van der Waals surface area contributed by atoms with Crippen molar-refractivity contribution in [1.82, 2.24) is 9.97 Å². The third kappa shape index (κ3) is 2.38. The molecule has 0 fully saturated rings. The van der Waals surface area contributed by atoms with E-state index in [1.807, 2.05) is 6.07 Å². The van der Waals surface area contributed by atoms with Crippen LogP contribution in [0.3, 0.4) is 0 Å².